The zero-order valence-corrected chi connectivity index (χ0v) is 10.4. The van der Waals surface area contributed by atoms with Crippen molar-refractivity contribution in [1.29, 1.82) is 0 Å². The van der Waals surface area contributed by atoms with Crippen LogP contribution in [0, 0.1) is 5.92 Å². The molecule has 0 saturated carbocycles. The summed E-state index contributed by atoms with van der Waals surface area (Å²) in [6.45, 7) is 5.62. The fraction of sp³-hybridized carbons (Fsp3) is 0.714. The highest BCUT2D eigenvalue weighted by Crippen LogP contribution is 2.30. The van der Waals surface area contributed by atoms with Crippen molar-refractivity contribution in [2.24, 2.45) is 5.92 Å². The monoisotopic (exact) mass is 221 g/mol. The predicted octanol–water partition coefficient (Wildman–Crippen LogP) is 3.29. The molecule has 1 atom stereocenters. The number of aliphatic hydroxyl groups is 1. The van der Waals surface area contributed by atoms with Gasteiger partial charge < -0.3 is 9.67 Å². The number of aromatic nitrogens is 1. The van der Waals surface area contributed by atoms with Crippen LogP contribution < -0.4 is 0 Å². The zero-order chi connectivity index (χ0) is 11.5. The second-order valence-electron chi connectivity index (χ2n) is 5.03. The van der Waals surface area contributed by atoms with Gasteiger partial charge in [-0.1, -0.05) is 26.7 Å². The normalized spacial score (nSPS) is 20.1. The Morgan fingerprint density at radius 3 is 2.75 bits per heavy atom. The van der Waals surface area contributed by atoms with Crippen molar-refractivity contribution in [3.63, 3.8) is 0 Å². The van der Waals surface area contributed by atoms with Crippen LogP contribution in [0.2, 0.25) is 0 Å². The van der Waals surface area contributed by atoms with E-state index in [1.807, 2.05) is 0 Å². The number of aryl methyl sites for hydroxylation is 1. The molecule has 0 fully saturated rings. The molecule has 16 heavy (non-hydrogen) atoms. The minimum Gasteiger partial charge on any atom is -0.388 e. The van der Waals surface area contributed by atoms with E-state index in [0.29, 0.717) is 0 Å². The van der Waals surface area contributed by atoms with Gasteiger partial charge in [0.1, 0.15) is 0 Å². The first-order chi connectivity index (χ1) is 7.74. The van der Waals surface area contributed by atoms with Crippen LogP contribution in [0.1, 0.15) is 56.8 Å². The van der Waals surface area contributed by atoms with Gasteiger partial charge in [-0.25, -0.2) is 0 Å². The molecule has 0 bridgehead atoms. The van der Waals surface area contributed by atoms with Gasteiger partial charge in [0.05, 0.1) is 6.10 Å². The Hall–Kier alpha value is -0.760. The van der Waals surface area contributed by atoms with Crippen LogP contribution in [0.4, 0.5) is 0 Å². The molecule has 1 aromatic heterocycles. The molecule has 1 N–H and O–H groups in total. The van der Waals surface area contributed by atoms with Crippen LogP contribution in [0.15, 0.2) is 12.4 Å². The van der Waals surface area contributed by atoms with Crippen LogP contribution in [-0.2, 0) is 13.0 Å². The van der Waals surface area contributed by atoms with Gasteiger partial charge in [0.2, 0.25) is 0 Å². The van der Waals surface area contributed by atoms with E-state index in [1.165, 1.54) is 24.0 Å². The first kappa shape index (κ1) is 11.7. The fourth-order valence-electron chi connectivity index (χ4n) is 2.67. The third kappa shape index (κ3) is 2.32. The standard InChI is InChI=1S/C14H23NO/c1-3-11(4-2)8-15-9-12-6-5-7-14(16)13(12)10-15/h9-11,14,16H,3-8H2,1-2H3. The number of nitrogens with zero attached hydrogens (tertiary/aromatic N) is 1. The average molecular weight is 221 g/mol. The largest absolute Gasteiger partial charge is 0.388 e. The summed E-state index contributed by atoms with van der Waals surface area (Å²) in [5, 5.41) is 9.91. The van der Waals surface area contributed by atoms with E-state index >= 15 is 0 Å². The fourth-order valence-corrected chi connectivity index (χ4v) is 2.67. The van der Waals surface area contributed by atoms with E-state index in [0.717, 1.165) is 31.7 Å². The van der Waals surface area contributed by atoms with Crippen LogP contribution in [0.5, 0.6) is 0 Å². The summed E-state index contributed by atoms with van der Waals surface area (Å²) < 4.78 is 2.29. The summed E-state index contributed by atoms with van der Waals surface area (Å²) in [4.78, 5) is 0. The van der Waals surface area contributed by atoms with Gasteiger partial charge in [0, 0.05) is 24.5 Å². The molecule has 0 spiro atoms. The van der Waals surface area contributed by atoms with Gasteiger partial charge in [0.25, 0.3) is 0 Å². The molecule has 0 aliphatic heterocycles. The van der Waals surface area contributed by atoms with E-state index in [9.17, 15) is 5.11 Å². The van der Waals surface area contributed by atoms with Crippen LogP contribution >= 0.6 is 0 Å². The third-order valence-corrected chi connectivity index (χ3v) is 3.90. The number of hydrogen-bond acceptors (Lipinski definition) is 1. The summed E-state index contributed by atoms with van der Waals surface area (Å²) in [6, 6.07) is 0. The molecule has 0 amide bonds. The number of fused-ring (bicyclic) bond motifs is 1. The second-order valence-corrected chi connectivity index (χ2v) is 5.03. The van der Waals surface area contributed by atoms with Gasteiger partial charge in [-0.3, -0.25) is 0 Å². The van der Waals surface area contributed by atoms with Crippen molar-refractivity contribution in [2.75, 3.05) is 0 Å². The molecule has 0 aromatic carbocycles. The van der Waals surface area contributed by atoms with Crippen molar-refractivity contribution in [3.05, 3.63) is 23.5 Å². The molecular formula is C14H23NO. The van der Waals surface area contributed by atoms with Crippen LogP contribution in [-0.4, -0.2) is 9.67 Å². The maximum atomic E-state index is 9.91. The number of rotatable bonds is 4. The van der Waals surface area contributed by atoms with E-state index in [4.69, 9.17) is 0 Å². The van der Waals surface area contributed by atoms with Gasteiger partial charge in [-0.15, -0.1) is 0 Å². The topological polar surface area (TPSA) is 25.2 Å². The first-order valence-corrected chi connectivity index (χ1v) is 6.61. The Kier molecular flexibility index (Phi) is 3.70. The SMILES string of the molecule is CCC(CC)Cn1cc2c(c1)C(O)CCC2. The predicted molar refractivity (Wildman–Crippen MR) is 66.4 cm³/mol. The summed E-state index contributed by atoms with van der Waals surface area (Å²) in [6.07, 6.45) is 9.87. The van der Waals surface area contributed by atoms with Gasteiger partial charge >= 0.3 is 0 Å². The Morgan fingerprint density at radius 1 is 1.38 bits per heavy atom. The smallest absolute Gasteiger partial charge is 0.0807 e. The highest BCUT2D eigenvalue weighted by Gasteiger charge is 2.20. The Balaban J connectivity index is 2.12. The molecule has 1 heterocycles. The highest BCUT2D eigenvalue weighted by molar-refractivity contribution is 5.28. The number of hydrogen-bond donors (Lipinski definition) is 1. The van der Waals surface area contributed by atoms with Crippen molar-refractivity contribution in [1.82, 2.24) is 4.57 Å². The van der Waals surface area contributed by atoms with E-state index in [-0.39, 0.29) is 6.10 Å². The molecule has 1 aliphatic rings. The number of aliphatic hydroxyl groups excluding tert-OH is 1. The lowest BCUT2D eigenvalue weighted by atomic mass is 9.93. The highest BCUT2D eigenvalue weighted by atomic mass is 16.3. The van der Waals surface area contributed by atoms with Crippen LogP contribution in [0.3, 0.4) is 0 Å². The minimum absolute atomic E-state index is 0.216. The molecule has 1 aliphatic carbocycles. The molecule has 1 unspecified atom stereocenters. The molecule has 0 radical (unpaired) electrons. The van der Waals surface area contributed by atoms with E-state index < -0.39 is 0 Å². The summed E-state index contributed by atoms with van der Waals surface area (Å²) in [5.41, 5.74) is 2.54. The lowest BCUT2D eigenvalue weighted by molar-refractivity contribution is 0.157. The molecule has 2 nitrogen and oxygen atoms in total. The van der Waals surface area contributed by atoms with Crippen molar-refractivity contribution in [3.8, 4) is 0 Å². The summed E-state index contributed by atoms with van der Waals surface area (Å²) >= 11 is 0. The molecule has 1 aromatic rings. The van der Waals surface area contributed by atoms with E-state index in [1.54, 1.807) is 0 Å². The molecule has 2 heteroatoms. The van der Waals surface area contributed by atoms with Gasteiger partial charge in [-0.2, -0.15) is 0 Å². The quantitative estimate of drug-likeness (QED) is 0.829. The Morgan fingerprint density at radius 2 is 2.12 bits per heavy atom. The summed E-state index contributed by atoms with van der Waals surface area (Å²) in [7, 11) is 0. The van der Waals surface area contributed by atoms with Crippen molar-refractivity contribution >= 4 is 0 Å². The van der Waals surface area contributed by atoms with Gasteiger partial charge in [0.15, 0.2) is 0 Å². The lowest BCUT2D eigenvalue weighted by Crippen LogP contribution is -2.07. The average Bonchev–Trinajstić information content (AvgIpc) is 2.70. The van der Waals surface area contributed by atoms with Crippen molar-refractivity contribution < 1.29 is 5.11 Å². The van der Waals surface area contributed by atoms with Crippen molar-refractivity contribution in [2.45, 2.75) is 58.6 Å². The molecule has 90 valence electrons. The molecule has 0 saturated heterocycles. The third-order valence-electron chi connectivity index (χ3n) is 3.90. The Bertz CT molecular complexity index is 339. The molecule has 2 rings (SSSR count). The minimum atomic E-state index is -0.216. The zero-order valence-electron chi connectivity index (χ0n) is 10.4. The maximum absolute atomic E-state index is 9.91. The van der Waals surface area contributed by atoms with Crippen LogP contribution in [0.25, 0.3) is 0 Å². The summed E-state index contributed by atoms with van der Waals surface area (Å²) in [5.74, 6) is 0.769. The molecular weight excluding hydrogens is 198 g/mol. The maximum Gasteiger partial charge on any atom is 0.0807 e. The van der Waals surface area contributed by atoms with E-state index in [2.05, 4.69) is 30.8 Å². The Labute approximate surface area is 98.3 Å². The first-order valence-electron chi connectivity index (χ1n) is 6.61. The lowest BCUT2D eigenvalue weighted by Gasteiger charge is -2.16. The second kappa shape index (κ2) is 5.05. The van der Waals surface area contributed by atoms with Gasteiger partial charge in [-0.05, 0) is 30.7 Å².